The van der Waals surface area contributed by atoms with E-state index in [2.05, 4.69) is 16.0 Å². The Bertz CT molecular complexity index is 2120. The molecule has 4 aromatic rings. The van der Waals surface area contributed by atoms with E-state index < -0.39 is 23.5 Å². The van der Waals surface area contributed by atoms with Gasteiger partial charge in [-0.2, -0.15) is 0 Å². The Hall–Kier alpha value is -4.22. The van der Waals surface area contributed by atoms with Gasteiger partial charge in [-0.3, -0.25) is 20.6 Å². The number of rotatable bonds is 16. The van der Waals surface area contributed by atoms with E-state index in [1.165, 1.54) is 26.5 Å². The summed E-state index contributed by atoms with van der Waals surface area (Å²) in [5.41, 5.74) is 5.42. The van der Waals surface area contributed by atoms with Gasteiger partial charge in [-0.15, -0.1) is 0 Å². The number of fused-ring (bicyclic) bond motifs is 1. The number of nitrogens with one attached hydrogen (secondary N) is 4. The number of benzene rings is 2. The lowest BCUT2D eigenvalue weighted by molar-refractivity contribution is -0.106. The molecule has 2 aliphatic rings. The van der Waals surface area contributed by atoms with Crippen LogP contribution in [0.25, 0.3) is 16.7 Å². The number of hydrogen-bond donors (Lipinski definition) is 5. The summed E-state index contributed by atoms with van der Waals surface area (Å²) in [6, 6.07) is 8.65. The van der Waals surface area contributed by atoms with Crippen LogP contribution < -0.4 is 27.4 Å². The van der Waals surface area contributed by atoms with E-state index in [1.54, 1.807) is 30.9 Å². The average Bonchev–Trinajstić information content (AvgIpc) is 4.04. The first-order valence-electron chi connectivity index (χ1n) is 20.4. The molecule has 2 aromatic heterocycles. The van der Waals surface area contributed by atoms with Gasteiger partial charge in [0.1, 0.15) is 23.7 Å². The number of halogens is 5. The number of ether oxygens (including phenoxy) is 1. The van der Waals surface area contributed by atoms with Crippen molar-refractivity contribution in [2.45, 2.75) is 103 Å². The number of pyridine rings is 1. The van der Waals surface area contributed by atoms with E-state index in [0.717, 1.165) is 37.3 Å². The van der Waals surface area contributed by atoms with E-state index in [-0.39, 0.29) is 66.7 Å². The van der Waals surface area contributed by atoms with Crippen LogP contribution in [0.3, 0.4) is 0 Å². The Morgan fingerprint density at radius 2 is 1.73 bits per heavy atom. The summed E-state index contributed by atoms with van der Waals surface area (Å²) in [5, 5.41) is 15.9. The monoisotopic (exact) mass is 855 g/mol. The van der Waals surface area contributed by atoms with Crippen LogP contribution >= 0.6 is 11.6 Å². The van der Waals surface area contributed by atoms with Crippen LogP contribution in [0.15, 0.2) is 41.2 Å². The molecular formula is C43H57BClF4N8O3. The molecule has 60 heavy (non-hydrogen) atoms. The normalized spacial score (nSPS) is 15.4. The second-order valence-electron chi connectivity index (χ2n) is 15.4. The summed E-state index contributed by atoms with van der Waals surface area (Å²) in [7, 11) is 4.79. The summed E-state index contributed by atoms with van der Waals surface area (Å²) < 4.78 is 64.2. The molecule has 11 nitrogen and oxygen atoms in total. The second-order valence-corrected chi connectivity index (χ2v) is 15.8. The average molecular weight is 856 g/mol. The maximum Gasteiger partial charge on any atom is 0.270 e. The van der Waals surface area contributed by atoms with Gasteiger partial charge in [0.05, 0.1) is 21.8 Å². The fraction of sp³-hybridized carbons (Fsp3) is 0.512. The minimum Gasteiger partial charge on any atom is -0.385 e. The molecule has 2 saturated carbocycles. The minimum atomic E-state index is -2.71. The molecule has 17 heteroatoms. The number of nitrogens with two attached hydrogens (primary N) is 1. The van der Waals surface area contributed by atoms with Crippen LogP contribution in [0.5, 0.6) is 0 Å². The maximum absolute atomic E-state index is 15.3. The van der Waals surface area contributed by atoms with Gasteiger partial charge in [-0.25, -0.2) is 27.5 Å². The highest BCUT2D eigenvalue weighted by molar-refractivity contribution is 6.77. The molecule has 1 unspecified atom stereocenters. The maximum atomic E-state index is 15.3. The molecule has 2 fully saturated rings. The van der Waals surface area contributed by atoms with E-state index in [0.29, 0.717) is 64.0 Å². The molecule has 0 spiro atoms. The molecule has 0 saturated heterocycles. The highest BCUT2D eigenvalue weighted by Gasteiger charge is 2.38. The second kappa shape index (κ2) is 22.6. The molecule has 1 radical (unpaired) electrons. The number of aldehydes is 1. The van der Waals surface area contributed by atoms with Gasteiger partial charge in [0.25, 0.3) is 13.0 Å². The van der Waals surface area contributed by atoms with Gasteiger partial charge < -0.3 is 25.5 Å². The molecule has 0 aliphatic heterocycles. The van der Waals surface area contributed by atoms with Crippen molar-refractivity contribution in [3.63, 3.8) is 0 Å². The molecule has 6 rings (SSSR count). The minimum absolute atomic E-state index is 0.0793. The Morgan fingerprint density at radius 3 is 2.28 bits per heavy atom. The van der Waals surface area contributed by atoms with Crippen molar-refractivity contribution in [3.05, 3.63) is 91.6 Å². The summed E-state index contributed by atoms with van der Waals surface area (Å²) >= 11 is 6.78. The lowest BCUT2D eigenvalue weighted by Crippen LogP contribution is -2.31. The number of hydrazine groups is 1. The van der Waals surface area contributed by atoms with E-state index in [1.807, 2.05) is 26.8 Å². The van der Waals surface area contributed by atoms with Crippen molar-refractivity contribution in [1.29, 1.82) is 5.41 Å². The highest BCUT2D eigenvalue weighted by atomic mass is 35.5. The highest BCUT2D eigenvalue weighted by Crippen LogP contribution is 2.46. The van der Waals surface area contributed by atoms with E-state index >= 15 is 4.79 Å². The quantitative estimate of drug-likeness (QED) is 0.0143. The lowest BCUT2D eigenvalue weighted by Gasteiger charge is -2.29. The number of carbonyl (C=O) groups excluding carboxylic acids is 1. The van der Waals surface area contributed by atoms with Crippen molar-refractivity contribution in [1.82, 2.24) is 25.2 Å². The van der Waals surface area contributed by atoms with Crippen LogP contribution in [0.4, 0.5) is 23.2 Å². The molecule has 0 amide bonds. The first kappa shape index (κ1) is 48.5. The SMILES string of the molecule is CC=O.CCNN.CN[B]C(=N)c1c(Cl)ccc(-n2c(C(Cc3cc(F)cc(F)c3)C(C)C)nc3nc(C4CCC(F)(F)CC4)cc(C4CC4)c3c2=O)c1NCCCOC. The third kappa shape index (κ3) is 12.4. The Balaban J connectivity index is 0.00000106. The fourth-order valence-electron chi connectivity index (χ4n) is 7.44. The fourth-order valence-corrected chi connectivity index (χ4v) is 7.70. The third-order valence-corrected chi connectivity index (χ3v) is 10.9. The molecule has 2 aliphatic carbocycles. The summed E-state index contributed by atoms with van der Waals surface area (Å²) in [6.07, 6.45) is 3.37. The largest absolute Gasteiger partial charge is 0.385 e. The van der Waals surface area contributed by atoms with Crippen LogP contribution in [-0.2, 0) is 16.0 Å². The smallest absolute Gasteiger partial charge is 0.270 e. The van der Waals surface area contributed by atoms with Crippen molar-refractivity contribution in [3.8, 4) is 5.69 Å². The topological polar surface area (TPSA) is 160 Å². The molecule has 1 atom stereocenters. The van der Waals surface area contributed by atoms with Crippen LogP contribution in [0, 0.1) is 23.0 Å². The van der Waals surface area contributed by atoms with Crippen molar-refractivity contribution in [2.24, 2.45) is 11.8 Å². The van der Waals surface area contributed by atoms with Crippen LogP contribution in [-0.4, -0.2) is 73.6 Å². The number of carbonyl (C=O) groups is 1. The molecule has 2 aromatic carbocycles. The Labute approximate surface area is 355 Å². The molecule has 2 heterocycles. The van der Waals surface area contributed by atoms with E-state index in [4.69, 9.17) is 42.4 Å². The van der Waals surface area contributed by atoms with Crippen molar-refractivity contribution in [2.75, 3.05) is 39.2 Å². The van der Waals surface area contributed by atoms with Crippen LogP contribution in [0.1, 0.15) is 119 Å². The number of hydrogen-bond acceptors (Lipinski definition) is 10. The van der Waals surface area contributed by atoms with Gasteiger partial charge in [0, 0.05) is 74.4 Å². The Kier molecular flexibility index (Phi) is 18.2. The number of methoxy groups -OCH3 is 1. The van der Waals surface area contributed by atoms with Crippen LogP contribution in [0.2, 0.25) is 5.02 Å². The van der Waals surface area contributed by atoms with Gasteiger partial charge in [0.2, 0.25) is 5.92 Å². The van der Waals surface area contributed by atoms with E-state index in [9.17, 15) is 17.6 Å². The number of alkyl halides is 2. The zero-order chi connectivity index (χ0) is 44.1. The number of nitrogens with zero attached hydrogens (tertiary/aromatic N) is 3. The first-order valence-corrected chi connectivity index (χ1v) is 20.8. The molecule has 0 bridgehead atoms. The van der Waals surface area contributed by atoms with Gasteiger partial charge >= 0.3 is 0 Å². The Morgan fingerprint density at radius 1 is 1.10 bits per heavy atom. The molecular weight excluding hydrogens is 799 g/mol. The predicted octanol–water partition coefficient (Wildman–Crippen LogP) is 8.15. The molecule has 325 valence electrons. The van der Waals surface area contributed by atoms with Gasteiger partial charge in [0.15, 0.2) is 5.65 Å². The summed E-state index contributed by atoms with van der Waals surface area (Å²) in [5.74, 6) is 0.145. The van der Waals surface area contributed by atoms with Gasteiger partial charge in [-0.05, 0) is 106 Å². The predicted molar refractivity (Wildman–Crippen MR) is 232 cm³/mol. The number of anilines is 1. The van der Waals surface area contributed by atoms with Gasteiger partial charge in [-0.1, -0.05) is 32.4 Å². The molecule has 6 N–H and O–H groups in total. The first-order chi connectivity index (χ1) is 28.6. The third-order valence-electron chi connectivity index (χ3n) is 10.5. The summed E-state index contributed by atoms with van der Waals surface area (Å²) in [4.78, 5) is 34.2. The zero-order valence-corrected chi connectivity index (χ0v) is 36.0. The lowest BCUT2D eigenvalue weighted by atomic mass is 9.80. The number of aromatic nitrogens is 3. The zero-order valence-electron chi connectivity index (χ0n) is 35.2. The van der Waals surface area contributed by atoms with Crippen molar-refractivity contribution >= 4 is 47.6 Å². The van der Waals surface area contributed by atoms with Crippen molar-refractivity contribution < 1.29 is 27.1 Å². The summed E-state index contributed by atoms with van der Waals surface area (Å²) in [6.45, 7) is 9.05. The standard InChI is InChI=1S/C39H45BClF4N6O2.C2H8N2.C2H4O/c1-21(2)27(18-22-16-25(42)19-26(43)17-22)37-50-36-32(28(23-6-7-23)20-30(49-36)24-10-12-39(44,45)13-11-24)38(52)51(37)31-9-8-29(41)33(35(46)40-47-3)34(31)48-14-5-15-53-4;1-2-4-3;1-2-3/h8-9,16-17,19-21,23-24,27,46-48H,5-7,10-15,18H2,1-4H3;4H,2-3H2,1H3;2H,1H3.